The first-order valence-corrected chi connectivity index (χ1v) is 6.49. The number of hydrogen-bond donors (Lipinski definition) is 2. The molecule has 1 aliphatic rings. The van der Waals surface area contributed by atoms with Crippen LogP contribution in [0.4, 0.5) is 0 Å². The molecule has 0 radical (unpaired) electrons. The number of ether oxygens (including phenoxy) is 1. The summed E-state index contributed by atoms with van der Waals surface area (Å²) in [4.78, 5) is 22.7. The molecule has 1 aliphatic heterocycles. The summed E-state index contributed by atoms with van der Waals surface area (Å²) in [6, 6.07) is 6.62. The Balaban J connectivity index is 1.96. The second kappa shape index (κ2) is 6.54. The van der Waals surface area contributed by atoms with E-state index in [1.807, 2.05) is 6.07 Å². The number of halogens is 1. The molecule has 1 fully saturated rings. The van der Waals surface area contributed by atoms with Gasteiger partial charge in [0, 0.05) is 11.1 Å². The molecule has 0 saturated carbocycles. The predicted molar refractivity (Wildman–Crippen MR) is 74.4 cm³/mol. The molecular weight excluding hydrogens is 282 g/mol. The van der Waals surface area contributed by atoms with Crippen LogP contribution >= 0.6 is 11.6 Å². The van der Waals surface area contributed by atoms with Crippen molar-refractivity contribution < 1.29 is 19.4 Å². The van der Waals surface area contributed by atoms with Crippen molar-refractivity contribution in [3.8, 4) is 0 Å². The van der Waals surface area contributed by atoms with E-state index in [4.69, 9.17) is 21.4 Å². The summed E-state index contributed by atoms with van der Waals surface area (Å²) in [5.41, 5.74) is 0.724. The Morgan fingerprint density at radius 1 is 1.35 bits per heavy atom. The highest BCUT2D eigenvalue weighted by molar-refractivity contribution is 6.32. The molecule has 20 heavy (non-hydrogen) atoms. The van der Waals surface area contributed by atoms with Crippen LogP contribution in [0.1, 0.15) is 5.56 Å². The van der Waals surface area contributed by atoms with Crippen LogP contribution in [0.3, 0.4) is 0 Å². The number of aliphatic carboxylic acids is 1. The van der Waals surface area contributed by atoms with E-state index in [1.54, 1.807) is 24.3 Å². The number of carbonyl (C=O) groups is 2. The highest BCUT2D eigenvalue weighted by Crippen LogP contribution is 2.17. The smallest absolute Gasteiger partial charge is 0.311 e. The van der Waals surface area contributed by atoms with Crippen LogP contribution < -0.4 is 5.32 Å². The van der Waals surface area contributed by atoms with E-state index in [0.717, 1.165) is 5.56 Å². The van der Waals surface area contributed by atoms with Crippen molar-refractivity contribution in [1.82, 2.24) is 5.32 Å². The summed E-state index contributed by atoms with van der Waals surface area (Å²) in [7, 11) is 0. The van der Waals surface area contributed by atoms with Crippen molar-refractivity contribution in [2.45, 2.75) is 6.04 Å². The molecule has 0 bridgehead atoms. The summed E-state index contributed by atoms with van der Waals surface area (Å²) in [6.45, 7) is 0.331. The molecule has 1 heterocycles. The lowest BCUT2D eigenvalue weighted by Gasteiger charge is -2.14. The number of carboxylic acid groups (broad SMARTS) is 1. The number of carbonyl (C=O) groups excluding carboxylic acids is 1. The minimum Gasteiger partial charge on any atom is -0.481 e. The summed E-state index contributed by atoms with van der Waals surface area (Å²) >= 11 is 5.96. The van der Waals surface area contributed by atoms with E-state index in [9.17, 15) is 9.59 Å². The van der Waals surface area contributed by atoms with Crippen LogP contribution in [0.15, 0.2) is 30.3 Å². The third-order valence-electron chi connectivity index (χ3n) is 3.04. The monoisotopic (exact) mass is 295 g/mol. The number of nitrogens with one attached hydrogen (secondary N) is 1. The maximum atomic E-state index is 11.8. The molecule has 2 atom stereocenters. The molecular formula is C14H14ClNO4. The summed E-state index contributed by atoms with van der Waals surface area (Å²) in [6.07, 6.45) is 2.92. The van der Waals surface area contributed by atoms with Crippen LogP contribution in [-0.2, 0) is 14.3 Å². The Morgan fingerprint density at radius 2 is 2.10 bits per heavy atom. The zero-order valence-corrected chi connectivity index (χ0v) is 11.3. The number of amides is 1. The molecule has 6 heteroatoms. The zero-order valence-electron chi connectivity index (χ0n) is 10.6. The summed E-state index contributed by atoms with van der Waals surface area (Å²) in [5.74, 6) is -2.04. The van der Waals surface area contributed by atoms with Gasteiger partial charge in [-0.3, -0.25) is 9.59 Å². The lowest BCUT2D eigenvalue weighted by molar-refractivity contribution is -0.142. The summed E-state index contributed by atoms with van der Waals surface area (Å²) in [5, 5.41) is 12.1. The fourth-order valence-electron chi connectivity index (χ4n) is 1.95. The maximum absolute atomic E-state index is 11.8. The van der Waals surface area contributed by atoms with Crippen LogP contribution in [-0.4, -0.2) is 36.2 Å². The third kappa shape index (κ3) is 3.59. The van der Waals surface area contributed by atoms with Crippen molar-refractivity contribution in [3.05, 3.63) is 40.9 Å². The average molecular weight is 296 g/mol. The molecule has 5 nitrogen and oxygen atoms in total. The van der Waals surface area contributed by atoms with E-state index < -0.39 is 17.9 Å². The minimum atomic E-state index is -0.970. The normalized spacial score (nSPS) is 22.1. The Bertz CT molecular complexity index is 544. The van der Waals surface area contributed by atoms with Crippen molar-refractivity contribution in [2.24, 2.45) is 5.92 Å². The first-order chi connectivity index (χ1) is 9.58. The van der Waals surface area contributed by atoms with Crippen LogP contribution in [0.25, 0.3) is 6.08 Å². The first-order valence-electron chi connectivity index (χ1n) is 6.11. The fraction of sp³-hybridized carbons (Fsp3) is 0.286. The topological polar surface area (TPSA) is 75.6 Å². The number of benzene rings is 1. The van der Waals surface area contributed by atoms with Crippen molar-refractivity contribution >= 4 is 29.6 Å². The fourth-order valence-corrected chi connectivity index (χ4v) is 2.15. The number of hydrogen-bond acceptors (Lipinski definition) is 3. The van der Waals surface area contributed by atoms with Crippen LogP contribution in [0, 0.1) is 5.92 Å². The van der Waals surface area contributed by atoms with Gasteiger partial charge in [-0.05, 0) is 17.7 Å². The van der Waals surface area contributed by atoms with E-state index in [1.165, 1.54) is 6.08 Å². The summed E-state index contributed by atoms with van der Waals surface area (Å²) < 4.78 is 5.07. The van der Waals surface area contributed by atoms with Gasteiger partial charge >= 0.3 is 5.97 Å². The van der Waals surface area contributed by atoms with Gasteiger partial charge in [-0.2, -0.15) is 0 Å². The lowest BCUT2D eigenvalue weighted by Crippen LogP contribution is -2.41. The van der Waals surface area contributed by atoms with Gasteiger partial charge in [0.25, 0.3) is 0 Å². The molecule has 0 aromatic heterocycles. The molecule has 1 aromatic rings. The van der Waals surface area contributed by atoms with Gasteiger partial charge in [-0.15, -0.1) is 0 Å². The van der Waals surface area contributed by atoms with E-state index in [-0.39, 0.29) is 19.1 Å². The number of carboxylic acids is 1. The van der Waals surface area contributed by atoms with Crippen molar-refractivity contribution in [1.29, 1.82) is 0 Å². The Kier molecular flexibility index (Phi) is 4.76. The molecule has 0 aliphatic carbocycles. The van der Waals surface area contributed by atoms with E-state index in [2.05, 4.69) is 5.32 Å². The second-order valence-electron chi connectivity index (χ2n) is 4.45. The van der Waals surface area contributed by atoms with Crippen molar-refractivity contribution in [3.63, 3.8) is 0 Å². The Morgan fingerprint density at radius 3 is 2.80 bits per heavy atom. The first kappa shape index (κ1) is 14.6. The zero-order chi connectivity index (χ0) is 14.5. The Labute approximate surface area is 121 Å². The van der Waals surface area contributed by atoms with Gasteiger partial charge < -0.3 is 15.2 Å². The van der Waals surface area contributed by atoms with Gasteiger partial charge in [-0.1, -0.05) is 29.8 Å². The largest absolute Gasteiger partial charge is 0.481 e. The molecule has 1 amide bonds. The van der Waals surface area contributed by atoms with Gasteiger partial charge in [0.15, 0.2) is 0 Å². The molecule has 1 aromatic carbocycles. The van der Waals surface area contributed by atoms with Crippen LogP contribution in [0.5, 0.6) is 0 Å². The maximum Gasteiger partial charge on any atom is 0.311 e. The van der Waals surface area contributed by atoms with Crippen LogP contribution in [0.2, 0.25) is 5.02 Å². The van der Waals surface area contributed by atoms with E-state index >= 15 is 0 Å². The minimum absolute atomic E-state index is 0.120. The molecule has 2 N–H and O–H groups in total. The van der Waals surface area contributed by atoms with Gasteiger partial charge in [0.1, 0.15) is 5.92 Å². The molecule has 0 spiro atoms. The highest BCUT2D eigenvalue weighted by atomic mass is 35.5. The van der Waals surface area contributed by atoms with E-state index in [0.29, 0.717) is 5.02 Å². The van der Waals surface area contributed by atoms with Gasteiger partial charge in [0.2, 0.25) is 5.91 Å². The Hall–Kier alpha value is -1.85. The number of rotatable bonds is 4. The second-order valence-corrected chi connectivity index (χ2v) is 4.86. The highest BCUT2D eigenvalue weighted by Gasteiger charge is 2.34. The molecule has 2 rings (SSSR count). The van der Waals surface area contributed by atoms with Gasteiger partial charge in [-0.25, -0.2) is 0 Å². The molecule has 2 unspecified atom stereocenters. The van der Waals surface area contributed by atoms with Gasteiger partial charge in [0.05, 0.1) is 19.3 Å². The average Bonchev–Trinajstić information content (AvgIpc) is 2.86. The molecule has 106 valence electrons. The predicted octanol–water partition coefficient (Wildman–Crippen LogP) is 1.57. The quantitative estimate of drug-likeness (QED) is 0.827. The molecule has 1 saturated heterocycles. The third-order valence-corrected chi connectivity index (χ3v) is 3.39. The van der Waals surface area contributed by atoms with Crippen molar-refractivity contribution in [2.75, 3.05) is 13.2 Å². The SMILES string of the molecule is O=C(C=Cc1ccccc1Cl)NC1COCC1C(=O)O. The lowest BCUT2D eigenvalue weighted by atomic mass is 10.0. The standard InChI is InChI=1S/C14H14ClNO4/c15-11-4-2-1-3-9(11)5-6-13(17)16-12-8-20-7-10(12)14(18)19/h1-6,10,12H,7-8H2,(H,16,17)(H,18,19).